The van der Waals surface area contributed by atoms with Crippen molar-refractivity contribution in [1.29, 1.82) is 0 Å². The Morgan fingerprint density at radius 1 is 0.875 bits per heavy atom. The number of hydrogen-bond donors (Lipinski definition) is 2. The maximum Gasteiger partial charge on any atom is 0.262 e. The van der Waals surface area contributed by atoms with E-state index in [-0.39, 0.29) is 37.0 Å². The zero-order chi connectivity index (χ0) is 22.3. The number of amides is 2. The second kappa shape index (κ2) is 9.65. The molecule has 4 rings (SSSR count). The molecule has 0 fully saturated rings. The molecule has 3 aromatic carbocycles. The van der Waals surface area contributed by atoms with Crippen LogP contribution in [0.4, 0.5) is 5.69 Å². The number of ether oxygens (including phenoxy) is 3. The molecule has 32 heavy (non-hydrogen) atoms. The number of Topliss-reactive ketones (excluding diaryl/α,β-unsaturated/α-hetero) is 1. The Bertz CT molecular complexity index is 1150. The Kier molecular flexibility index (Phi) is 6.31. The summed E-state index contributed by atoms with van der Waals surface area (Å²) < 4.78 is 16.1. The molecule has 2 N–H and O–H groups in total. The van der Waals surface area contributed by atoms with Crippen LogP contribution in [0.25, 0.3) is 0 Å². The van der Waals surface area contributed by atoms with Crippen molar-refractivity contribution >= 4 is 23.3 Å². The predicted molar refractivity (Wildman–Crippen MR) is 116 cm³/mol. The highest BCUT2D eigenvalue weighted by atomic mass is 16.7. The van der Waals surface area contributed by atoms with Gasteiger partial charge < -0.3 is 24.8 Å². The molecule has 1 aliphatic rings. The van der Waals surface area contributed by atoms with E-state index in [1.54, 1.807) is 66.7 Å². The first-order valence-corrected chi connectivity index (χ1v) is 9.88. The molecule has 2 amide bonds. The molecular weight excluding hydrogens is 412 g/mol. The van der Waals surface area contributed by atoms with Crippen LogP contribution >= 0.6 is 0 Å². The summed E-state index contributed by atoms with van der Waals surface area (Å²) in [6.07, 6.45) is 0. The summed E-state index contributed by atoms with van der Waals surface area (Å²) in [6, 6.07) is 20.3. The fourth-order valence-corrected chi connectivity index (χ4v) is 3.08. The van der Waals surface area contributed by atoms with E-state index in [0.29, 0.717) is 22.7 Å². The lowest BCUT2D eigenvalue weighted by molar-refractivity contribution is -0.118. The number of benzene rings is 3. The third-order valence-corrected chi connectivity index (χ3v) is 4.65. The molecule has 0 aliphatic carbocycles. The topological polar surface area (TPSA) is 103 Å². The third kappa shape index (κ3) is 5.04. The number of carbonyl (C=O) groups is 3. The number of anilines is 1. The SMILES string of the molecule is O=C(COc1ccccc1C(=O)NCC(=O)c1ccccc1)Nc1ccc2c(c1)OCO2. The Hall–Kier alpha value is -4.33. The van der Waals surface area contributed by atoms with Gasteiger partial charge in [0.25, 0.3) is 11.8 Å². The molecule has 0 atom stereocenters. The van der Waals surface area contributed by atoms with Crippen LogP contribution in [-0.4, -0.2) is 37.5 Å². The van der Waals surface area contributed by atoms with Crippen LogP contribution in [0.15, 0.2) is 72.8 Å². The second-order valence-electron chi connectivity index (χ2n) is 6.87. The van der Waals surface area contributed by atoms with Gasteiger partial charge in [0.1, 0.15) is 5.75 Å². The highest BCUT2D eigenvalue weighted by Crippen LogP contribution is 2.34. The first-order chi connectivity index (χ1) is 15.6. The maximum absolute atomic E-state index is 12.6. The minimum absolute atomic E-state index is 0.144. The van der Waals surface area contributed by atoms with Crippen LogP contribution in [0.1, 0.15) is 20.7 Å². The largest absolute Gasteiger partial charge is 0.483 e. The molecule has 0 saturated heterocycles. The summed E-state index contributed by atoms with van der Waals surface area (Å²) in [5.74, 6) is 0.318. The Morgan fingerprint density at radius 3 is 2.47 bits per heavy atom. The molecule has 1 aliphatic heterocycles. The van der Waals surface area contributed by atoms with Gasteiger partial charge in [-0.05, 0) is 24.3 Å². The van der Waals surface area contributed by atoms with E-state index in [9.17, 15) is 14.4 Å². The highest BCUT2D eigenvalue weighted by molar-refractivity contribution is 6.03. The van der Waals surface area contributed by atoms with Crippen molar-refractivity contribution in [3.63, 3.8) is 0 Å². The first kappa shape index (κ1) is 20.9. The summed E-state index contributed by atoms with van der Waals surface area (Å²) >= 11 is 0. The molecule has 8 nitrogen and oxygen atoms in total. The lowest BCUT2D eigenvalue weighted by atomic mass is 10.1. The average Bonchev–Trinajstić information content (AvgIpc) is 3.29. The second-order valence-corrected chi connectivity index (χ2v) is 6.87. The number of rotatable bonds is 8. The van der Waals surface area contributed by atoms with E-state index < -0.39 is 11.8 Å². The fraction of sp³-hybridized carbons (Fsp3) is 0.125. The number of nitrogens with one attached hydrogen (secondary N) is 2. The van der Waals surface area contributed by atoms with E-state index in [2.05, 4.69) is 10.6 Å². The van der Waals surface area contributed by atoms with Gasteiger partial charge in [0.2, 0.25) is 6.79 Å². The van der Waals surface area contributed by atoms with Gasteiger partial charge in [0.05, 0.1) is 12.1 Å². The van der Waals surface area contributed by atoms with Gasteiger partial charge in [-0.1, -0.05) is 42.5 Å². The van der Waals surface area contributed by atoms with Crippen LogP contribution < -0.4 is 24.8 Å². The summed E-state index contributed by atoms with van der Waals surface area (Å²) in [5.41, 5.74) is 1.27. The normalized spacial score (nSPS) is 11.5. The van der Waals surface area contributed by atoms with Gasteiger partial charge in [0, 0.05) is 17.3 Å². The van der Waals surface area contributed by atoms with E-state index in [0.717, 1.165) is 0 Å². The Labute approximate surface area is 184 Å². The summed E-state index contributed by atoms with van der Waals surface area (Å²) in [6.45, 7) is -0.310. The van der Waals surface area contributed by atoms with E-state index in [1.807, 2.05) is 6.07 Å². The third-order valence-electron chi connectivity index (χ3n) is 4.65. The molecule has 0 bridgehead atoms. The molecule has 0 radical (unpaired) electrons. The van der Waals surface area contributed by atoms with Gasteiger partial charge in [-0.15, -0.1) is 0 Å². The molecule has 162 valence electrons. The smallest absolute Gasteiger partial charge is 0.262 e. The van der Waals surface area contributed by atoms with Crippen molar-refractivity contribution in [3.05, 3.63) is 83.9 Å². The van der Waals surface area contributed by atoms with Gasteiger partial charge >= 0.3 is 0 Å². The monoisotopic (exact) mass is 432 g/mol. The van der Waals surface area contributed by atoms with Crippen molar-refractivity contribution < 1.29 is 28.6 Å². The molecule has 0 saturated carbocycles. The van der Waals surface area contributed by atoms with Crippen molar-refractivity contribution in [1.82, 2.24) is 5.32 Å². The van der Waals surface area contributed by atoms with Crippen LogP contribution in [0.5, 0.6) is 17.2 Å². The molecular formula is C24H20N2O6. The summed E-state index contributed by atoms with van der Waals surface area (Å²) in [4.78, 5) is 37.1. The number of hydrogen-bond acceptors (Lipinski definition) is 6. The van der Waals surface area contributed by atoms with Gasteiger partial charge in [-0.2, -0.15) is 0 Å². The van der Waals surface area contributed by atoms with E-state index >= 15 is 0 Å². The predicted octanol–water partition coefficient (Wildman–Crippen LogP) is 3.05. The standard InChI is InChI=1S/C24H20N2O6/c27-19(16-6-2-1-3-7-16)13-25-24(29)18-8-4-5-9-20(18)30-14-23(28)26-17-10-11-21-22(12-17)32-15-31-21/h1-12H,13-15H2,(H,25,29)(H,26,28). The minimum atomic E-state index is -0.471. The molecule has 1 heterocycles. The van der Waals surface area contributed by atoms with Crippen LogP contribution in [0.3, 0.4) is 0 Å². The molecule has 8 heteroatoms. The molecule has 0 spiro atoms. The maximum atomic E-state index is 12.6. The van der Waals surface area contributed by atoms with E-state index in [1.165, 1.54) is 0 Å². The Morgan fingerprint density at radius 2 is 1.62 bits per heavy atom. The summed E-state index contributed by atoms with van der Waals surface area (Å²) in [7, 11) is 0. The van der Waals surface area contributed by atoms with Crippen molar-refractivity contribution in [2.75, 3.05) is 25.3 Å². The van der Waals surface area contributed by atoms with Crippen LogP contribution in [0, 0.1) is 0 Å². The number of ketones is 1. The Balaban J connectivity index is 1.33. The molecule has 0 aromatic heterocycles. The number of carbonyl (C=O) groups excluding carboxylic acids is 3. The molecule has 0 unspecified atom stereocenters. The van der Waals surface area contributed by atoms with Gasteiger partial charge in [-0.3, -0.25) is 14.4 Å². The van der Waals surface area contributed by atoms with Crippen molar-refractivity contribution in [3.8, 4) is 17.2 Å². The van der Waals surface area contributed by atoms with Crippen LogP contribution in [-0.2, 0) is 4.79 Å². The van der Waals surface area contributed by atoms with Crippen LogP contribution in [0.2, 0.25) is 0 Å². The van der Waals surface area contributed by atoms with E-state index in [4.69, 9.17) is 14.2 Å². The highest BCUT2D eigenvalue weighted by Gasteiger charge is 2.16. The van der Waals surface area contributed by atoms with Crippen molar-refractivity contribution in [2.24, 2.45) is 0 Å². The lowest BCUT2D eigenvalue weighted by Gasteiger charge is -2.12. The number of fused-ring (bicyclic) bond motifs is 1. The average molecular weight is 432 g/mol. The quantitative estimate of drug-likeness (QED) is 0.531. The summed E-state index contributed by atoms with van der Waals surface area (Å²) in [5, 5.41) is 5.30. The fourth-order valence-electron chi connectivity index (χ4n) is 3.08. The van der Waals surface area contributed by atoms with Gasteiger partial charge in [-0.25, -0.2) is 0 Å². The minimum Gasteiger partial charge on any atom is -0.483 e. The zero-order valence-corrected chi connectivity index (χ0v) is 17.0. The zero-order valence-electron chi connectivity index (χ0n) is 17.0. The van der Waals surface area contributed by atoms with Gasteiger partial charge in [0.15, 0.2) is 23.9 Å². The lowest BCUT2D eigenvalue weighted by Crippen LogP contribution is -2.30. The first-order valence-electron chi connectivity index (χ1n) is 9.88. The number of para-hydroxylation sites is 1. The van der Waals surface area contributed by atoms with Crippen molar-refractivity contribution in [2.45, 2.75) is 0 Å². The molecule has 3 aromatic rings.